The fraction of sp³-hybridized carbons (Fsp3) is 0.167. The van der Waals surface area contributed by atoms with Gasteiger partial charge in [0.2, 0.25) is 5.91 Å². The molecule has 0 radical (unpaired) electrons. The summed E-state index contributed by atoms with van der Waals surface area (Å²) in [7, 11) is -3.84. The molecular weight excluding hydrogens is 403 g/mol. The third-order valence-electron chi connectivity index (χ3n) is 3.70. The minimum absolute atomic E-state index is 0.0560. The Hall–Kier alpha value is -2.85. The number of carbonyl (C=O) groups excluding carboxylic acids is 1. The highest BCUT2D eigenvalue weighted by Crippen LogP contribution is 2.21. The Morgan fingerprint density at radius 1 is 1.11 bits per heavy atom. The molecule has 146 valence electrons. The van der Waals surface area contributed by atoms with Crippen molar-refractivity contribution in [2.24, 2.45) is 0 Å². The zero-order valence-electron chi connectivity index (χ0n) is 14.6. The van der Waals surface area contributed by atoms with Crippen molar-refractivity contribution in [3.8, 4) is 0 Å². The number of sulfonamides is 1. The fourth-order valence-electron chi connectivity index (χ4n) is 2.28. The summed E-state index contributed by atoms with van der Waals surface area (Å²) < 4.78 is 39.8. The van der Waals surface area contributed by atoms with Crippen LogP contribution in [0, 0.1) is 5.82 Å². The quantitative estimate of drug-likeness (QED) is 0.584. The summed E-state index contributed by atoms with van der Waals surface area (Å²) in [4.78, 5) is 20.2. The topological polar surface area (TPSA) is 101 Å². The Morgan fingerprint density at radius 2 is 1.89 bits per heavy atom. The van der Waals surface area contributed by atoms with Crippen molar-refractivity contribution in [1.29, 1.82) is 0 Å². The van der Waals surface area contributed by atoms with Crippen LogP contribution in [0.2, 0.25) is 0 Å². The van der Waals surface area contributed by atoms with Crippen LogP contribution in [0.25, 0.3) is 0 Å². The van der Waals surface area contributed by atoms with Crippen LogP contribution in [-0.2, 0) is 27.8 Å². The maximum absolute atomic E-state index is 12.9. The molecule has 0 aliphatic rings. The molecular formula is C18H17FN4O3S2. The van der Waals surface area contributed by atoms with E-state index in [0.717, 1.165) is 29.2 Å². The van der Waals surface area contributed by atoms with Gasteiger partial charge in [0.25, 0.3) is 10.0 Å². The van der Waals surface area contributed by atoms with Crippen molar-refractivity contribution in [3.63, 3.8) is 0 Å². The molecule has 1 aromatic carbocycles. The summed E-state index contributed by atoms with van der Waals surface area (Å²) >= 11 is 1.12. The summed E-state index contributed by atoms with van der Waals surface area (Å²) in [6, 6.07) is 9.97. The number of nitrogens with zero attached hydrogens (tertiary/aromatic N) is 2. The first-order valence-electron chi connectivity index (χ1n) is 8.32. The Kier molecular flexibility index (Phi) is 6.32. The van der Waals surface area contributed by atoms with Crippen LogP contribution in [-0.4, -0.2) is 24.3 Å². The van der Waals surface area contributed by atoms with Gasteiger partial charge in [0.1, 0.15) is 5.82 Å². The predicted molar refractivity (Wildman–Crippen MR) is 104 cm³/mol. The zero-order chi connectivity index (χ0) is 20.0. The van der Waals surface area contributed by atoms with Crippen LogP contribution in [0.5, 0.6) is 0 Å². The van der Waals surface area contributed by atoms with E-state index in [9.17, 15) is 17.6 Å². The average Bonchev–Trinajstić information content (AvgIpc) is 3.12. The molecule has 28 heavy (non-hydrogen) atoms. The molecule has 0 atom stereocenters. The minimum Gasteiger partial charge on any atom is -0.350 e. The maximum atomic E-state index is 12.9. The number of carbonyl (C=O) groups is 1. The second-order valence-electron chi connectivity index (χ2n) is 5.80. The fourth-order valence-corrected chi connectivity index (χ4v) is 4.28. The van der Waals surface area contributed by atoms with E-state index in [4.69, 9.17) is 0 Å². The lowest BCUT2D eigenvalue weighted by Crippen LogP contribution is -2.23. The summed E-state index contributed by atoms with van der Waals surface area (Å²) in [5.41, 5.74) is 1.37. The molecule has 3 rings (SSSR count). The Labute approximate surface area is 165 Å². The van der Waals surface area contributed by atoms with Gasteiger partial charge in [0, 0.05) is 18.0 Å². The smallest absolute Gasteiger partial charge is 0.263 e. The standard InChI is InChI=1S/C18H17FN4O3S2/c19-13-4-7-16(8-5-13)28(25,26)23-18-22-15(12-27-18)6-9-17(24)21-11-14-3-1-2-10-20-14/h1-5,7-8,10,12H,6,9,11H2,(H,21,24)(H,22,23). The number of hydrogen-bond acceptors (Lipinski definition) is 6. The molecule has 2 aromatic heterocycles. The van der Waals surface area contributed by atoms with E-state index in [1.54, 1.807) is 17.6 Å². The summed E-state index contributed by atoms with van der Waals surface area (Å²) in [5, 5.41) is 4.65. The molecule has 2 N–H and O–H groups in total. The van der Waals surface area contributed by atoms with Crippen LogP contribution in [0.3, 0.4) is 0 Å². The molecule has 0 fully saturated rings. The molecule has 0 spiro atoms. The van der Waals surface area contributed by atoms with Gasteiger partial charge in [-0.25, -0.2) is 17.8 Å². The molecule has 7 nitrogen and oxygen atoms in total. The Bertz CT molecular complexity index is 1040. The lowest BCUT2D eigenvalue weighted by Gasteiger charge is -2.05. The van der Waals surface area contributed by atoms with E-state index < -0.39 is 15.8 Å². The summed E-state index contributed by atoms with van der Waals surface area (Å²) in [5.74, 6) is -0.663. The van der Waals surface area contributed by atoms with Crippen LogP contribution < -0.4 is 10.0 Å². The monoisotopic (exact) mass is 420 g/mol. The number of thiazole rings is 1. The molecule has 0 aliphatic heterocycles. The van der Waals surface area contributed by atoms with Crippen molar-refractivity contribution in [2.45, 2.75) is 24.3 Å². The minimum atomic E-state index is -3.84. The highest BCUT2D eigenvalue weighted by molar-refractivity contribution is 7.93. The first kappa shape index (κ1) is 19.9. The van der Waals surface area contributed by atoms with Crippen LogP contribution in [0.4, 0.5) is 9.52 Å². The maximum Gasteiger partial charge on any atom is 0.263 e. The van der Waals surface area contributed by atoms with Gasteiger partial charge >= 0.3 is 0 Å². The highest BCUT2D eigenvalue weighted by atomic mass is 32.2. The number of nitrogens with one attached hydrogen (secondary N) is 2. The predicted octanol–water partition coefficient (Wildman–Crippen LogP) is 2.73. The Morgan fingerprint density at radius 3 is 2.61 bits per heavy atom. The van der Waals surface area contributed by atoms with Crippen molar-refractivity contribution >= 4 is 32.4 Å². The lowest BCUT2D eigenvalue weighted by atomic mass is 10.2. The molecule has 0 unspecified atom stereocenters. The van der Waals surface area contributed by atoms with E-state index in [2.05, 4.69) is 20.0 Å². The average molecular weight is 420 g/mol. The molecule has 0 aliphatic carbocycles. The normalized spacial score (nSPS) is 11.2. The molecule has 3 aromatic rings. The third kappa shape index (κ3) is 5.57. The van der Waals surface area contributed by atoms with Crippen molar-refractivity contribution < 1.29 is 17.6 Å². The lowest BCUT2D eigenvalue weighted by molar-refractivity contribution is -0.121. The first-order valence-corrected chi connectivity index (χ1v) is 10.7. The second kappa shape index (κ2) is 8.89. The third-order valence-corrected chi connectivity index (χ3v) is 5.99. The van der Waals surface area contributed by atoms with E-state index in [1.165, 1.54) is 12.1 Å². The van der Waals surface area contributed by atoms with E-state index in [-0.39, 0.29) is 22.4 Å². The Balaban J connectivity index is 1.51. The SMILES string of the molecule is O=C(CCc1csc(NS(=O)(=O)c2ccc(F)cc2)n1)NCc1ccccn1. The number of anilines is 1. The molecule has 0 bridgehead atoms. The highest BCUT2D eigenvalue weighted by Gasteiger charge is 2.16. The van der Waals surface area contributed by atoms with Crippen molar-refractivity contribution in [3.05, 3.63) is 71.2 Å². The first-order chi connectivity index (χ1) is 13.4. The van der Waals surface area contributed by atoms with Gasteiger partial charge in [0.15, 0.2) is 5.13 Å². The second-order valence-corrected chi connectivity index (χ2v) is 8.34. The molecule has 0 saturated heterocycles. The number of halogens is 1. The van der Waals surface area contributed by atoms with Gasteiger partial charge in [-0.15, -0.1) is 11.3 Å². The van der Waals surface area contributed by atoms with Crippen LogP contribution in [0.1, 0.15) is 17.8 Å². The number of benzene rings is 1. The van der Waals surface area contributed by atoms with Crippen molar-refractivity contribution in [1.82, 2.24) is 15.3 Å². The van der Waals surface area contributed by atoms with Gasteiger partial charge in [-0.2, -0.15) is 0 Å². The number of aromatic nitrogens is 2. The van der Waals surface area contributed by atoms with Gasteiger partial charge in [0.05, 0.1) is 22.8 Å². The number of pyridine rings is 1. The molecule has 10 heteroatoms. The van der Waals surface area contributed by atoms with Gasteiger partial charge < -0.3 is 5.32 Å². The van der Waals surface area contributed by atoms with E-state index in [0.29, 0.717) is 18.7 Å². The number of hydrogen-bond donors (Lipinski definition) is 2. The van der Waals surface area contributed by atoms with Gasteiger partial charge in [-0.3, -0.25) is 14.5 Å². The van der Waals surface area contributed by atoms with Gasteiger partial charge in [-0.05, 0) is 42.8 Å². The van der Waals surface area contributed by atoms with E-state index in [1.807, 2.05) is 12.1 Å². The van der Waals surface area contributed by atoms with Crippen molar-refractivity contribution in [2.75, 3.05) is 4.72 Å². The largest absolute Gasteiger partial charge is 0.350 e. The molecule has 2 heterocycles. The molecule has 1 amide bonds. The van der Waals surface area contributed by atoms with Crippen LogP contribution in [0.15, 0.2) is 58.9 Å². The summed E-state index contributed by atoms with van der Waals surface area (Å²) in [6.07, 6.45) is 2.26. The van der Waals surface area contributed by atoms with Gasteiger partial charge in [-0.1, -0.05) is 6.07 Å². The number of rotatable bonds is 8. The summed E-state index contributed by atoms with van der Waals surface area (Å²) in [6.45, 7) is 0.347. The zero-order valence-corrected chi connectivity index (χ0v) is 16.3. The number of amides is 1. The number of aryl methyl sites for hydroxylation is 1. The molecule has 0 saturated carbocycles. The van der Waals surface area contributed by atoms with E-state index >= 15 is 0 Å². The van der Waals surface area contributed by atoms with Crippen LogP contribution >= 0.6 is 11.3 Å².